The van der Waals surface area contributed by atoms with Crippen molar-refractivity contribution in [3.05, 3.63) is 52.5 Å². The standard InChI is InChI=1S/C17H17N7O4/c1-9(20-16(26)10-6-14(27-2)23-24-17(10)28-3)15-21-12(7-13(25)22-15)11-4-5-18-8-19-11/h4-9H,1-3H3,(H,20,26)(H,21,22,25). The van der Waals surface area contributed by atoms with Crippen LogP contribution in [0.15, 0.2) is 35.5 Å². The van der Waals surface area contributed by atoms with E-state index in [1.165, 1.54) is 32.7 Å². The first-order chi connectivity index (χ1) is 13.5. The summed E-state index contributed by atoms with van der Waals surface area (Å²) in [5.74, 6) is -0.0207. The van der Waals surface area contributed by atoms with Gasteiger partial charge >= 0.3 is 0 Å². The van der Waals surface area contributed by atoms with Gasteiger partial charge in [-0.3, -0.25) is 9.59 Å². The number of aromatic amines is 1. The minimum atomic E-state index is -0.620. The van der Waals surface area contributed by atoms with Gasteiger partial charge in [-0.1, -0.05) is 0 Å². The van der Waals surface area contributed by atoms with Gasteiger partial charge in [-0.2, -0.15) is 0 Å². The van der Waals surface area contributed by atoms with E-state index in [0.717, 1.165) is 0 Å². The van der Waals surface area contributed by atoms with Crippen LogP contribution in [0.4, 0.5) is 0 Å². The molecule has 3 heterocycles. The first-order valence-electron chi connectivity index (χ1n) is 8.16. The van der Waals surface area contributed by atoms with Crippen LogP contribution in [0.5, 0.6) is 11.8 Å². The Bertz CT molecular complexity index is 1040. The van der Waals surface area contributed by atoms with Crippen molar-refractivity contribution in [3.8, 4) is 23.1 Å². The molecule has 1 atom stereocenters. The summed E-state index contributed by atoms with van der Waals surface area (Å²) in [6, 6.07) is 3.74. The second-order valence-corrected chi connectivity index (χ2v) is 5.62. The van der Waals surface area contributed by atoms with E-state index in [0.29, 0.717) is 11.4 Å². The van der Waals surface area contributed by atoms with Gasteiger partial charge in [0.05, 0.1) is 31.6 Å². The van der Waals surface area contributed by atoms with Crippen molar-refractivity contribution in [3.63, 3.8) is 0 Å². The summed E-state index contributed by atoms with van der Waals surface area (Å²) in [4.78, 5) is 39.6. The Labute approximate surface area is 159 Å². The molecule has 0 aromatic carbocycles. The number of amides is 1. The minimum absolute atomic E-state index is 0.0432. The lowest BCUT2D eigenvalue weighted by Crippen LogP contribution is -2.30. The molecular formula is C17H17N7O4. The smallest absolute Gasteiger partial charge is 0.257 e. The number of hydrogen-bond acceptors (Lipinski definition) is 9. The monoisotopic (exact) mass is 383 g/mol. The molecule has 0 fully saturated rings. The SMILES string of the molecule is COc1cc(C(=O)NC(C)c2nc(-c3ccncn3)cc(=O)[nH]2)c(OC)nn1. The molecule has 0 aliphatic carbocycles. The van der Waals surface area contributed by atoms with E-state index in [1.807, 2.05) is 0 Å². The Morgan fingerprint density at radius 1 is 1.18 bits per heavy atom. The van der Waals surface area contributed by atoms with Crippen LogP contribution in [0.2, 0.25) is 0 Å². The highest BCUT2D eigenvalue weighted by molar-refractivity contribution is 5.96. The van der Waals surface area contributed by atoms with E-state index in [1.54, 1.807) is 19.2 Å². The van der Waals surface area contributed by atoms with Gasteiger partial charge in [-0.15, -0.1) is 10.2 Å². The van der Waals surface area contributed by atoms with E-state index in [4.69, 9.17) is 9.47 Å². The van der Waals surface area contributed by atoms with Gasteiger partial charge in [0.15, 0.2) is 0 Å². The normalized spacial score (nSPS) is 11.5. The van der Waals surface area contributed by atoms with Crippen LogP contribution in [-0.4, -0.2) is 50.3 Å². The predicted molar refractivity (Wildman–Crippen MR) is 96.9 cm³/mol. The van der Waals surface area contributed by atoms with Crippen LogP contribution in [0, 0.1) is 0 Å². The lowest BCUT2D eigenvalue weighted by molar-refractivity contribution is 0.0933. The van der Waals surface area contributed by atoms with Crippen molar-refractivity contribution < 1.29 is 14.3 Å². The zero-order chi connectivity index (χ0) is 20.1. The van der Waals surface area contributed by atoms with Gasteiger partial charge in [0.2, 0.25) is 11.8 Å². The van der Waals surface area contributed by atoms with Crippen LogP contribution >= 0.6 is 0 Å². The Morgan fingerprint density at radius 2 is 2.00 bits per heavy atom. The van der Waals surface area contributed by atoms with Gasteiger partial charge in [0.1, 0.15) is 17.7 Å². The molecule has 28 heavy (non-hydrogen) atoms. The molecular weight excluding hydrogens is 366 g/mol. The molecule has 0 spiro atoms. The molecule has 3 rings (SSSR count). The summed E-state index contributed by atoms with van der Waals surface area (Å²) in [5, 5.41) is 10.3. The Morgan fingerprint density at radius 3 is 2.68 bits per heavy atom. The first kappa shape index (κ1) is 18.9. The molecule has 0 saturated heterocycles. The largest absolute Gasteiger partial charge is 0.480 e. The quantitative estimate of drug-likeness (QED) is 0.622. The molecule has 3 aromatic heterocycles. The summed E-state index contributed by atoms with van der Waals surface area (Å²) in [6.07, 6.45) is 2.91. The molecule has 0 saturated carbocycles. The van der Waals surface area contributed by atoms with Gasteiger partial charge in [0, 0.05) is 18.3 Å². The number of carbonyl (C=O) groups is 1. The Kier molecular flexibility index (Phi) is 5.53. The molecule has 0 bridgehead atoms. The van der Waals surface area contributed by atoms with E-state index >= 15 is 0 Å². The van der Waals surface area contributed by atoms with Gasteiger partial charge < -0.3 is 19.8 Å². The highest BCUT2D eigenvalue weighted by Crippen LogP contribution is 2.20. The first-order valence-corrected chi connectivity index (χ1v) is 8.16. The van der Waals surface area contributed by atoms with Crippen molar-refractivity contribution in [1.29, 1.82) is 0 Å². The van der Waals surface area contributed by atoms with E-state index in [9.17, 15) is 9.59 Å². The fourth-order valence-corrected chi connectivity index (χ4v) is 2.37. The van der Waals surface area contributed by atoms with Crippen molar-refractivity contribution >= 4 is 5.91 Å². The molecule has 11 heteroatoms. The van der Waals surface area contributed by atoms with E-state index in [-0.39, 0.29) is 28.7 Å². The number of rotatable bonds is 6. The summed E-state index contributed by atoms with van der Waals surface area (Å²) in [6.45, 7) is 1.68. The number of methoxy groups -OCH3 is 2. The highest BCUT2D eigenvalue weighted by Gasteiger charge is 2.20. The molecule has 1 amide bonds. The third-order valence-electron chi connectivity index (χ3n) is 3.75. The molecule has 11 nitrogen and oxygen atoms in total. The maximum Gasteiger partial charge on any atom is 0.257 e. The fraction of sp³-hybridized carbons (Fsp3) is 0.235. The molecule has 0 radical (unpaired) electrons. The number of hydrogen-bond donors (Lipinski definition) is 2. The zero-order valence-corrected chi connectivity index (χ0v) is 15.3. The van der Waals surface area contributed by atoms with Gasteiger partial charge in [-0.25, -0.2) is 15.0 Å². The third kappa shape index (κ3) is 4.09. The third-order valence-corrected chi connectivity index (χ3v) is 3.75. The van der Waals surface area contributed by atoms with Crippen molar-refractivity contribution in [1.82, 2.24) is 35.5 Å². The number of ether oxygens (including phenoxy) is 2. The molecule has 0 aliphatic heterocycles. The Balaban J connectivity index is 1.87. The van der Waals surface area contributed by atoms with Crippen molar-refractivity contribution in [2.75, 3.05) is 14.2 Å². The lowest BCUT2D eigenvalue weighted by atomic mass is 10.2. The lowest BCUT2D eigenvalue weighted by Gasteiger charge is -2.15. The minimum Gasteiger partial charge on any atom is -0.480 e. The van der Waals surface area contributed by atoms with Crippen LogP contribution in [-0.2, 0) is 0 Å². The second kappa shape index (κ2) is 8.20. The molecule has 0 aliphatic rings. The molecule has 3 aromatic rings. The highest BCUT2D eigenvalue weighted by atomic mass is 16.5. The van der Waals surface area contributed by atoms with Gasteiger partial charge in [0.25, 0.3) is 11.5 Å². The van der Waals surface area contributed by atoms with E-state index in [2.05, 4.69) is 35.5 Å². The molecule has 144 valence electrons. The summed E-state index contributed by atoms with van der Waals surface area (Å²) < 4.78 is 10.1. The topological polar surface area (TPSA) is 145 Å². The predicted octanol–water partition coefficient (Wildman–Crippen LogP) is 0.525. The molecule has 2 N–H and O–H groups in total. The summed E-state index contributed by atoms with van der Waals surface area (Å²) in [5.41, 5.74) is 0.623. The van der Waals surface area contributed by atoms with Crippen LogP contribution in [0.25, 0.3) is 11.4 Å². The van der Waals surface area contributed by atoms with Gasteiger partial charge in [-0.05, 0) is 13.0 Å². The maximum atomic E-state index is 12.7. The number of nitrogens with zero attached hydrogens (tertiary/aromatic N) is 5. The average molecular weight is 383 g/mol. The Hall–Kier alpha value is -3.89. The number of nitrogens with one attached hydrogen (secondary N) is 2. The number of aromatic nitrogens is 6. The number of carbonyl (C=O) groups excluding carboxylic acids is 1. The zero-order valence-electron chi connectivity index (χ0n) is 15.3. The van der Waals surface area contributed by atoms with Crippen molar-refractivity contribution in [2.24, 2.45) is 0 Å². The van der Waals surface area contributed by atoms with E-state index < -0.39 is 11.9 Å². The van der Waals surface area contributed by atoms with Crippen LogP contribution in [0.1, 0.15) is 29.1 Å². The summed E-state index contributed by atoms with van der Waals surface area (Å²) >= 11 is 0. The fourth-order valence-electron chi connectivity index (χ4n) is 2.37. The number of H-pyrrole nitrogens is 1. The molecule has 1 unspecified atom stereocenters. The summed E-state index contributed by atoms with van der Waals surface area (Å²) in [7, 11) is 2.79. The maximum absolute atomic E-state index is 12.7. The second-order valence-electron chi connectivity index (χ2n) is 5.62. The van der Waals surface area contributed by atoms with Crippen LogP contribution in [0.3, 0.4) is 0 Å². The average Bonchev–Trinajstić information content (AvgIpc) is 2.73. The van der Waals surface area contributed by atoms with Crippen LogP contribution < -0.4 is 20.3 Å². The van der Waals surface area contributed by atoms with Crippen molar-refractivity contribution in [2.45, 2.75) is 13.0 Å².